The first kappa shape index (κ1) is 14.7. The van der Waals surface area contributed by atoms with Crippen molar-refractivity contribution in [2.24, 2.45) is 0 Å². The van der Waals surface area contributed by atoms with Gasteiger partial charge in [0, 0.05) is 18.8 Å². The quantitative estimate of drug-likeness (QED) is 0.590. The Bertz CT molecular complexity index is 455. The topological polar surface area (TPSA) is 59.3 Å². The molecule has 4 N–H and O–H groups in total. The highest BCUT2D eigenvalue weighted by molar-refractivity contribution is 7.80. The minimum atomic E-state index is 0.235. The molecule has 1 atom stereocenters. The number of nitrogen functional groups attached to an aromatic ring is 1. The fraction of sp³-hybridized carbons (Fsp3) is 0.417. The molecule has 19 heavy (non-hydrogen) atoms. The smallest absolute Gasteiger partial charge is 0.170 e. The zero-order chi connectivity index (χ0) is 13.8. The van der Waals surface area contributed by atoms with Gasteiger partial charge in [-0.2, -0.15) is 0 Å². The SMILES string of the molecule is Nc1c(Cl)cc(NC(=S)NCC2CCCO2)cc1Cl. The van der Waals surface area contributed by atoms with E-state index in [2.05, 4.69) is 10.6 Å². The van der Waals surface area contributed by atoms with Crippen LogP contribution in [0.1, 0.15) is 12.8 Å². The first-order valence-electron chi connectivity index (χ1n) is 5.97. The molecule has 0 amide bonds. The zero-order valence-electron chi connectivity index (χ0n) is 10.2. The Morgan fingerprint density at radius 3 is 2.68 bits per heavy atom. The highest BCUT2D eigenvalue weighted by atomic mass is 35.5. The highest BCUT2D eigenvalue weighted by Gasteiger charge is 2.15. The number of nitrogens with one attached hydrogen (secondary N) is 2. The van der Waals surface area contributed by atoms with Gasteiger partial charge in [-0.25, -0.2) is 0 Å². The van der Waals surface area contributed by atoms with E-state index in [1.165, 1.54) is 0 Å². The van der Waals surface area contributed by atoms with E-state index in [4.69, 9.17) is 45.9 Å². The number of hydrogen-bond donors (Lipinski definition) is 3. The van der Waals surface area contributed by atoms with Crippen molar-refractivity contribution in [3.8, 4) is 0 Å². The molecule has 1 saturated heterocycles. The predicted octanol–water partition coefficient (Wildman–Crippen LogP) is 3.04. The van der Waals surface area contributed by atoms with Crippen molar-refractivity contribution in [1.82, 2.24) is 5.32 Å². The molecule has 4 nitrogen and oxygen atoms in total. The number of rotatable bonds is 3. The van der Waals surface area contributed by atoms with Gasteiger partial charge in [0.15, 0.2) is 5.11 Å². The van der Waals surface area contributed by atoms with E-state index in [1.54, 1.807) is 12.1 Å². The lowest BCUT2D eigenvalue weighted by Gasteiger charge is -2.14. The monoisotopic (exact) mass is 319 g/mol. The number of nitrogens with two attached hydrogens (primary N) is 1. The number of benzene rings is 1. The Labute approximate surface area is 127 Å². The second-order valence-corrected chi connectivity index (χ2v) is 5.55. The van der Waals surface area contributed by atoms with Gasteiger partial charge < -0.3 is 21.1 Å². The van der Waals surface area contributed by atoms with Crippen LogP contribution in [-0.2, 0) is 4.74 Å². The minimum absolute atomic E-state index is 0.235. The van der Waals surface area contributed by atoms with E-state index in [0.717, 1.165) is 19.4 Å². The summed E-state index contributed by atoms with van der Waals surface area (Å²) in [7, 11) is 0. The van der Waals surface area contributed by atoms with Crippen LogP contribution in [0.15, 0.2) is 12.1 Å². The van der Waals surface area contributed by atoms with E-state index in [-0.39, 0.29) is 6.10 Å². The van der Waals surface area contributed by atoms with E-state index >= 15 is 0 Å². The summed E-state index contributed by atoms with van der Waals surface area (Å²) in [4.78, 5) is 0. The molecule has 0 spiro atoms. The maximum absolute atomic E-state index is 5.95. The highest BCUT2D eigenvalue weighted by Crippen LogP contribution is 2.31. The lowest BCUT2D eigenvalue weighted by atomic mass is 10.2. The summed E-state index contributed by atoms with van der Waals surface area (Å²) < 4.78 is 5.50. The Hall–Kier alpha value is -0.750. The molecule has 1 aliphatic rings. The first-order valence-corrected chi connectivity index (χ1v) is 7.13. The maximum atomic E-state index is 5.95. The van der Waals surface area contributed by atoms with Gasteiger partial charge >= 0.3 is 0 Å². The summed E-state index contributed by atoms with van der Waals surface area (Å²) >= 11 is 17.1. The number of hydrogen-bond acceptors (Lipinski definition) is 3. The summed E-state index contributed by atoms with van der Waals surface area (Å²) in [5.41, 5.74) is 6.74. The molecular weight excluding hydrogens is 305 g/mol. The Morgan fingerprint density at radius 1 is 1.42 bits per heavy atom. The third kappa shape index (κ3) is 4.11. The second kappa shape index (κ2) is 6.61. The lowest BCUT2D eigenvalue weighted by Crippen LogP contribution is -2.34. The molecule has 1 unspecified atom stereocenters. The normalized spacial score (nSPS) is 18.3. The van der Waals surface area contributed by atoms with E-state index in [0.29, 0.717) is 33.1 Å². The Balaban J connectivity index is 1.87. The summed E-state index contributed by atoms with van der Waals surface area (Å²) in [6, 6.07) is 3.37. The van der Waals surface area contributed by atoms with Gasteiger partial charge in [0.05, 0.1) is 21.8 Å². The average molecular weight is 320 g/mol. The van der Waals surface area contributed by atoms with Crippen LogP contribution >= 0.6 is 35.4 Å². The molecular formula is C12H15Cl2N3OS. The maximum Gasteiger partial charge on any atom is 0.170 e. The first-order chi connectivity index (χ1) is 9.06. The van der Waals surface area contributed by atoms with Gasteiger partial charge in [0.2, 0.25) is 0 Å². The molecule has 1 heterocycles. The molecule has 0 aromatic heterocycles. The molecule has 1 aliphatic heterocycles. The minimum Gasteiger partial charge on any atom is -0.396 e. The van der Waals surface area contributed by atoms with Crippen molar-refractivity contribution >= 4 is 51.9 Å². The van der Waals surface area contributed by atoms with Crippen LogP contribution in [0.2, 0.25) is 10.0 Å². The van der Waals surface area contributed by atoms with E-state index in [9.17, 15) is 0 Å². The third-order valence-electron chi connectivity index (χ3n) is 2.85. The summed E-state index contributed by atoms with van der Waals surface area (Å²) in [6.07, 6.45) is 2.41. The molecule has 7 heteroatoms. The number of thiocarbonyl (C=S) groups is 1. The van der Waals surface area contributed by atoms with Crippen LogP contribution in [-0.4, -0.2) is 24.4 Å². The van der Waals surface area contributed by atoms with Gasteiger partial charge in [-0.3, -0.25) is 0 Å². The molecule has 0 saturated carbocycles. The van der Waals surface area contributed by atoms with Crippen LogP contribution in [0, 0.1) is 0 Å². The molecule has 2 rings (SSSR count). The average Bonchev–Trinajstić information content (AvgIpc) is 2.86. The third-order valence-corrected chi connectivity index (χ3v) is 3.72. The number of anilines is 2. The molecule has 0 radical (unpaired) electrons. The fourth-order valence-corrected chi connectivity index (χ4v) is 2.53. The fourth-order valence-electron chi connectivity index (χ4n) is 1.84. The van der Waals surface area contributed by atoms with Gasteiger partial charge in [-0.1, -0.05) is 23.2 Å². The van der Waals surface area contributed by atoms with Crippen LogP contribution in [0.5, 0.6) is 0 Å². The second-order valence-electron chi connectivity index (χ2n) is 4.32. The van der Waals surface area contributed by atoms with Crippen LogP contribution < -0.4 is 16.4 Å². The van der Waals surface area contributed by atoms with Crippen LogP contribution in [0.3, 0.4) is 0 Å². The molecule has 0 bridgehead atoms. The number of ether oxygens (including phenoxy) is 1. The standard InChI is InChI=1S/C12H15Cl2N3OS/c13-9-4-7(5-10(14)11(9)15)17-12(19)16-6-8-2-1-3-18-8/h4-5,8H,1-3,6,15H2,(H2,16,17,19). The van der Waals surface area contributed by atoms with Crippen LogP contribution in [0.4, 0.5) is 11.4 Å². The van der Waals surface area contributed by atoms with Gasteiger partial charge in [-0.15, -0.1) is 0 Å². The van der Waals surface area contributed by atoms with Crippen molar-refractivity contribution in [3.63, 3.8) is 0 Å². The summed E-state index contributed by atoms with van der Waals surface area (Å²) in [5.74, 6) is 0. The van der Waals surface area contributed by atoms with Gasteiger partial charge in [-0.05, 0) is 37.2 Å². The van der Waals surface area contributed by atoms with Gasteiger partial charge in [0.1, 0.15) is 0 Å². The largest absolute Gasteiger partial charge is 0.396 e. The van der Waals surface area contributed by atoms with Crippen molar-refractivity contribution in [3.05, 3.63) is 22.2 Å². The molecule has 0 aliphatic carbocycles. The number of halogens is 2. The Kier molecular flexibility index (Phi) is 5.10. The summed E-state index contributed by atoms with van der Waals surface area (Å²) in [5, 5.41) is 7.43. The lowest BCUT2D eigenvalue weighted by molar-refractivity contribution is 0.114. The predicted molar refractivity (Wildman–Crippen MR) is 84.1 cm³/mol. The van der Waals surface area contributed by atoms with Crippen molar-refractivity contribution in [2.75, 3.05) is 24.2 Å². The van der Waals surface area contributed by atoms with E-state index < -0.39 is 0 Å². The Morgan fingerprint density at radius 2 is 2.11 bits per heavy atom. The van der Waals surface area contributed by atoms with Crippen molar-refractivity contribution in [2.45, 2.75) is 18.9 Å². The van der Waals surface area contributed by atoms with Crippen LogP contribution in [0.25, 0.3) is 0 Å². The molecule has 1 aromatic rings. The molecule has 1 fully saturated rings. The van der Waals surface area contributed by atoms with E-state index in [1.807, 2.05) is 0 Å². The van der Waals surface area contributed by atoms with Gasteiger partial charge in [0.25, 0.3) is 0 Å². The summed E-state index contributed by atoms with van der Waals surface area (Å²) in [6.45, 7) is 1.53. The molecule has 104 valence electrons. The molecule has 1 aromatic carbocycles. The zero-order valence-corrected chi connectivity index (χ0v) is 12.5. The van der Waals surface area contributed by atoms with Crippen molar-refractivity contribution in [1.29, 1.82) is 0 Å². The van der Waals surface area contributed by atoms with Crippen molar-refractivity contribution < 1.29 is 4.74 Å².